The molecule has 1 aliphatic heterocycles. The van der Waals surface area contributed by atoms with Gasteiger partial charge in [-0.25, -0.2) is 4.79 Å². The number of hydrogen-bond donors (Lipinski definition) is 0. The minimum atomic E-state index is -0.160. The molecule has 0 aliphatic carbocycles. The smallest absolute Gasteiger partial charge is 0.409 e. The first-order valence-corrected chi connectivity index (χ1v) is 5.92. The molecule has 4 heteroatoms. The zero-order valence-corrected chi connectivity index (χ0v) is 9.87. The third-order valence-corrected chi connectivity index (χ3v) is 2.73. The lowest BCUT2D eigenvalue weighted by molar-refractivity contribution is 0.0793. The molecule has 0 unspecified atom stereocenters. The molecular weight excluding hydrogens is 192 g/mol. The summed E-state index contributed by atoms with van der Waals surface area (Å²) in [6.07, 6.45) is 2.32. The van der Waals surface area contributed by atoms with Crippen molar-refractivity contribution < 1.29 is 9.53 Å². The van der Waals surface area contributed by atoms with Crippen molar-refractivity contribution >= 4 is 6.09 Å². The Hall–Kier alpha value is -0.770. The maximum atomic E-state index is 11.4. The number of rotatable bonds is 4. The van der Waals surface area contributed by atoms with Crippen LogP contribution in [0.15, 0.2) is 0 Å². The Bertz CT molecular complexity index is 189. The molecule has 0 aromatic carbocycles. The molecule has 1 saturated heterocycles. The van der Waals surface area contributed by atoms with E-state index >= 15 is 0 Å². The van der Waals surface area contributed by atoms with Crippen LogP contribution in [0.25, 0.3) is 0 Å². The number of unbranched alkanes of at least 4 members (excludes halogenated alkanes) is 1. The van der Waals surface area contributed by atoms with Crippen molar-refractivity contribution in [1.82, 2.24) is 9.80 Å². The summed E-state index contributed by atoms with van der Waals surface area (Å²) >= 11 is 0. The first kappa shape index (κ1) is 12.3. The predicted octanol–water partition coefficient (Wildman–Crippen LogP) is 1.56. The summed E-state index contributed by atoms with van der Waals surface area (Å²) in [5.41, 5.74) is 0. The number of piperazine rings is 1. The van der Waals surface area contributed by atoms with E-state index in [4.69, 9.17) is 4.74 Å². The molecule has 1 rings (SSSR count). The van der Waals surface area contributed by atoms with Crippen LogP contribution >= 0.6 is 0 Å². The van der Waals surface area contributed by atoms with Crippen LogP contribution in [0.3, 0.4) is 0 Å². The van der Waals surface area contributed by atoms with Crippen molar-refractivity contribution in [2.75, 3.05) is 39.3 Å². The van der Waals surface area contributed by atoms with Gasteiger partial charge < -0.3 is 9.64 Å². The zero-order chi connectivity index (χ0) is 11.1. The van der Waals surface area contributed by atoms with Gasteiger partial charge in [-0.1, -0.05) is 13.3 Å². The normalized spacial score (nSPS) is 17.9. The molecule has 0 aromatic heterocycles. The largest absolute Gasteiger partial charge is 0.450 e. The predicted molar refractivity (Wildman–Crippen MR) is 59.9 cm³/mol. The fourth-order valence-electron chi connectivity index (χ4n) is 1.75. The number of carbonyl (C=O) groups is 1. The van der Waals surface area contributed by atoms with E-state index in [1.807, 2.05) is 6.92 Å². The van der Waals surface area contributed by atoms with E-state index in [2.05, 4.69) is 11.8 Å². The van der Waals surface area contributed by atoms with Gasteiger partial charge in [0.2, 0.25) is 0 Å². The monoisotopic (exact) mass is 214 g/mol. The van der Waals surface area contributed by atoms with Crippen LogP contribution in [0.1, 0.15) is 26.7 Å². The van der Waals surface area contributed by atoms with Crippen LogP contribution in [0.2, 0.25) is 0 Å². The van der Waals surface area contributed by atoms with Crippen molar-refractivity contribution in [1.29, 1.82) is 0 Å². The molecule has 0 bridgehead atoms. The van der Waals surface area contributed by atoms with Gasteiger partial charge in [-0.15, -0.1) is 0 Å². The summed E-state index contributed by atoms with van der Waals surface area (Å²) < 4.78 is 4.97. The van der Waals surface area contributed by atoms with E-state index in [1.54, 1.807) is 4.90 Å². The number of ether oxygens (including phenoxy) is 1. The van der Waals surface area contributed by atoms with Gasteiger partial charge in [-0.3, -0.25) is 4.90 Å². The third-order valence-electron chi connectivity index (χ3n) is 2.73. The minimum Gasteiger partial charge on any atom is -0.450 e. The molecule has 1 fully saturated rings. The maximum Gasteiger partial charge on any atom is 0.409 e. The number of carbonyl (C=O) groups excluding carboxylic acids is 1. The Labute approximate surface area is 92.2 Å². The Balaban J connectivity index is 2.20. The number of hydrogen-bond acceptors (Lipinski definition) is 3. The topological polar surface area (TPSA) is 32.8 Å². The molecule has 0 aromatic rings. The van der Waals surface area contributed by atoms with Gasteiger partial charge >= 0.3 is 6.09 Å². The summed E-state index contributed by atoms with van der Waals surface area (Å²) in [5.74, 6) is 0. The fourth-order valence-corrected chi connectivity index (χ4v) is 1.75. The fraction of sp³-hybridized carbons (Fsp3) is 0.909. The van der Waals surface area contributed by atoms with Gasteiger partial charge in [-0.2, -0.15) is 0 Å². The molecule has 0 N–H and O–H groups in total. The van der Waals surface area contributed by atoms with Crippen LogP contribution in [-0.4, -0.2) is 55.2 Å². The highest BCUT2D eigenvalue weighted by Crippen LogP contribution is 2.04. The Morgan fingerprint density at radius 2 is 1.87 bits per heavy atom. The highest BCUT2D eigenvalue weighted by Gasteiger charge is 2.20. The zero-order valence-electron chi connectivity index (χ0n) is 9.87. The van der Waals surface area contributed by atoms with E-state index < -0.39 is 0 Å². The summed E-state index contributed by atoms with van der Waals surface area (Å²) in [7, 11) is 0. The van der Waals surface area contributed by atoms with Crippen molar-refractivity contribution in [2.45, 2.75) is 26.7 Å². The molecule has 88 valence electrons. The lowest BCUT2D eigenvalue weighted by atomic mass is 10.2. The second-order valence-electron chi connectivity index (χ2n) is 3.88. The molecule has 1 heterocycles. The lowest BCUT2D eigenvalue weighted by Crippen LogP contribution is -2.48. The van der Waals surface area contributed by atoms with Gasteiger partial charge in [0.15, 0.2) is 0 Å². The molecule has 0 spiro atoms. The Morgan fingerprint density at radius 3 is 2.40 bits per heavy atom. The minimum absolute atomic E-state index is 0.160. The van der Waals surface area contributed by atoms with E-state index in [1.165, 1.54) is 12.8 Å². The van der Waals surface area contributed by atoms with Crippen LogP contribution in [0.5, 0.6) is 0 Å². The van der Waals surface area contributed by atoms with Gasteiger partial charge in [-0.05, 0) is 19.9 Å². The molecule has 4 nitrogen and oxygen atoms in total. The van der Waals surface area contributed by atoms with Crippen LogP contribution in [0, 0.1) is 0 Å². The molecule has 15 heavy (non-hydrogen) atoms. The van der Waals surface area contributed by atoms with Crippen LogP contribution in [0.4, 0.5) is 4.79 Å². The number of amides is 1. The first-order chi connectivity index (χ1) is 7.27. The lowest BCUT2D eigenvalue weighted by Gasteiger charge is -2.33. The van der Waals surface area contributed by atoms with Crippen molar-refractivity contribution in [3.63, 3.8) is 0 Å². The van der Waals surface area contributed by atoms with Crippen LogP contribution < -0.4 is 0 Å². The van der Waals surface area contributed by atoms with E-state index in [0.717, 1.165) is 32.7 Å². The summed E-state index contributed by atoms with van der Waals surface area (Å²) in [6, 6.07) is 0. The highest BCUT2D eigenvalue weighted by atomic mass is 16.6. The Kier molecular flexibility index (Phi) is 5.47. The molecule has 1 amide bonds. The summed E-state index contributed by atoms with van der Waals surface area (Å²) in [5, 5.41) is 0. The second kappa shape index (κ2) is 6.67. The molecule has 1 aliphatic rings. The third kappa shape index (κ3) is 4.08. The first-order valence-electron chi connectivity index (χ1n) is 5.92. The maximum absolute atomic E-state index is 11.4. The average molecular weight is 214 g/mol. The molecule has 0 radical (unpaired) electrons. The quantitative estimate of drug-likeness (QED) is 0.712. The SMILES string of the molecule is CCCCN1CCN(C(=O)OCC)CC1. The van der Waals surface area contributed by atoms with E-state index in [-0.39, 0.29) is 6.09 Å². The average Bonchev–Trinajstić information content (AvgIpc) is 2.27. The van der Waals surface area contributed by atoms with Gasteiger partial charge in [0, 0.05) is 26.2 Å². The van der Waals surface area contributed by atoms with Crippen molar-refractivity contribution in [3.05, 3.63) is 0 Å². The van der Waals surface area contributed by atoms with Crippen LogP contribution in [-0.2, 0) is 4.74 Å². The van der Waals surface area contributed by atoms with Crippen molar-refractivity contribution in [2.24, 2.45) is 0 Å². The van der Waals surface area contributed by atoms with Crippen molar-refractivity contribution in [3.8, 4) is 0 Å². The van der Waals surface area contributed by atoms with E-state index in [9.17, 15) is 4.79 Å². The summed E-state index contributed by atoms with van der Waals surface area (Å²) in [6.45, 7) is 9.26. The summed E-state index contributed by atoms with van der Waals surface area (Å²) in [4.78, 5) is 15.6. The van der Waals surface area contributed by atoms with Gasteiger partial charge in [0.1, 0.15) is 0 Å². The van der Waals surface area contributed by atoms with E-state index in [0.29, 0.717) is 6.61 Å². The van der Waals surface area contributed by atoms with Gasteiger partial charge in [0.05, 0.1) is 6.61 Å². The molecule has 0 atom stereocenters. The highest BCUT2D eigenvalue weighted by molar-refractivity contribution is 5.67. The second-order valence-corrected chi connectivity index (χ2v) is 3.88. The molecular formula is C11H22N2O2. The Morgan fingerprint density at radius 1 is 1.20 bits per heavy atom. The standard InChI is InChI=1S/C11H22N2O2/c1-3-5-6-12-7-9-13(10-8-12)11(14)15-4-2/h3-10H2,1-2H3. The van der Waals surface area contributed by atoms with Gasteiger partial charge in [0.25, 0.3) is 0 Å². The molecule has 0 saturated carbocycles. The number of nitrogens with zero attached hydrogens (tertiary/aromatic N) is 2.